The molecule has 0 bridgehead atoms. The number of nitrogen functional groups attached to an aromatic ring is 1. The van der Waals surface area contributed by atoms with Crippen molar-refractivity contribution < 1.29 is 43.0 Å². The predicted molar refractivity (Wildman–Crippen MR) is 151 cm³/mol. The van der Waals surface area contributed by atoms with Gasteiger partial charge in [-0.05, 0) is 24.3 Å². The molecular formula is C27H30FN6O8P. The molecule has 4 N–H and O–H groups in total. The van der Waals surface area contributed by atoms with Crippen LogP contribution >= 0.6 is 8.17 Å². The molecule has 3 heterocycles. The number of methoxy groups -OCH3 is 1. The molecule has 0 aliphatic carbocycles. The van der Waals surface area contributed by atoms with Crippen molar-refractivity contribution in [1.29, 1.82) is 0 Å². The maximum atomic E-state index is 15.7. The van der Waals surface area contributed by atoms with Crippen LogP contribution < -0.4 is 24.6 Å². The van der Waals surface area contributed by atoms with Crippen LogP contribution in [-0.4, -0.2) is 73.3 Å². The number of ether oxygens (including phenoxy) is 3. The Bertz CT molecular complexity index is 1700. The highest BCUT2D eigenvalue weighted by Crippen LogP contribution is 2.44. The molecule has 1 aliphatic rings. The summed E-state index contributed by atoms with van der Waals surface area (Å²) in [4.78, 5) is 36.8. The van der Waals surface area contributed by atoms with E-state index in [0.29, 0.717) is 5.39 Å². The zero-order valence-corrected chi connectivity index (χ0v) is 24.5. The Labute approximate surface area is 245 Å². The lowest BCUT2D eigenvalue weighted by molar-refractivity contribution is -0.169. The average Bonchev–Trinajstić information content (AvgIpc) is 3.47. The van der Waals surface area contributed by atoms with Gasteiger partial charge in [0.25, 0.3) is 0 Å². The number of fused-ring (bicyclic) bond motifs is 2. The van der Waals surface area contributed by atoms with Crippen LogP contribution in [0.5, 0.6) is 17.4 Å². The Morgan fingerprint density at radius 2 is 2.05 bits per heavy atom. The summed E-state index contributed by atoms with van der Waals surface area (Å²) >= 11 is 0. The van der Waals surface area contributed by atoms with Crippen LogP contribution in [-0.2, 0) is 9.53 Å². The summed E-state index contributed by atoms with van der Waals surface area (Å²) in [6.07, 6.45) is -3.15. The SMILES string of the molecule is COc1nc(N)nc2c1ncn2C1O[C@H](COc2ccc3ccccc3c2O/[P+]([O-])=N/C(C(=O)O)C(C)C)[C@H](F)[C@@]1(C)O. The van der Waals surface area contributed by atoms with E-state index in [2.05, 4.69) is 19.7 Å². The first-order chi connectivity index (χ1) is 20.4. The molecule has 0 amide bonds. The van der Waals surface area contributed by atoms with E-state index in [0.717, 1.165) is 5.39 Å². The molecule has 5 rings (SSSR count). The second-order valence-electron chi connectivity index (χ2n) is 10.5. The summed E-state index contributed by atoms with van der Waals surface area (Å²) < 4.78 is 43.6. The largest absolute Gasteiger partial charge is 0.575 e. The van der Waals surface area contributed by atoms with Gasteiger partial charge in [0.1, 0.15) is 18.3 Å². The highest BCUT2D eigenvalue weighted by atomic mass is 31.1. The molecule has 16 heteroatoms. The van der Waals surface area contributed by atoms with Gasteiger partial charge >= 0.3 is 14.1 Å². The monoisotopic (exact) mass is 616 g/mol. The zero-order chi connectivity index (χ0) is 31.1. The van der Waals surface area contributed by atoms with Crippen LogP contribution in [0.4, 0.5) is 10.3 Å². The fraction of sp³-hybridized carbons (Fsp3) is 0.407. The van der Waals surface area contributed by atoms with Crippen LogP contribution in [0.1, 0.15) is 27.0 Å². The minimum absolute atomic E-state index is 0.0347. The fourth-order valence-electron chi connectivity index (χ4n) is 4.85. The number of benzene rings is 2. The number of imidazole rings is 1. The number of hydrogen-bond acceptors (Lipinski definition) is 12. The van der Waals surface area contributed by atoms with E-state index in [4.69, 9.17) is 24.5 Å². The highest BCUT2D eigenvalue weighted by molar-refractivity contribution is 7.34. The summed E-state index contributed by atoms with van der Waals surface area (Å²) in [5.74, 6) is -1.55. The molecule has 0 spiro atoms. The van der Waals surface area contributed by atoms with Crippen LogP contribution in [0.25, 0.3) is 21.9 Å². The van der Waals surface area contributed by atoms with Gasteiger partial charge in [-0.25, -0.2) is 14.2 Å². The molecule has 1 aliphatic heterocycles. The molecule has 6 atom stereocenters. The third-order valence-corrected chi connectivity index (χ3v) is 7.84. The summed E-state index contributed by atoms with van der Waals surface area (Å²) in [5.41, 5.74) is 4.17. The first kappa shape index (κ1) is 30.3. The van der Waals surface area contributed by atoms with Crippen LogP contribution in [0.15, 0.2) is 47.5 Å². The second kappa shape index (κ2) is 11.8. The van der Waals surface area contributed by atoms with Crippen molar-refractivity contribution in [1.82, 2.24) is 19.5 Å². The van der Waals surface area contributed by atoms with Gasteiger partial charge in [-0.15, -0.1) is 0 Å². The number of nitrogens with two attached hydrogens (primary N) is 1. The Hall–Kier alpha value is -4.17. The van der Waals surface area contributed by atoms with E-state index >= 15 is 4.39 Å². The minimum atomic E-state index is -2.83. The number of carboxylic acid groups (broad SMARTS) is 1. The second-order valence-corrected chi connectivity index (χ2v) is 11.4. The maximum absolute atomic E-state index is 15.7. The maximum Gasteiger partial charge on any atom is 0.395 e. The molecular weight excluding hydrogens is 586 g/mol. The number of carboxylic acids is 1. The summed E-state index contributed by atoms with van der Waals surface area (Å²) in [5, 5.41) is 21.9. The lowest BCUT2D eigenvalue weighted by Crippen LogP contribution is -2.42. The number of hydrogen-bond donors (Lipinski definition) is 3. The Morgan fingerprint density at radius 1 is 1.30 bits per heavy atom. The lowest BCUT2D eigenvalue weighted by atomic mass is 9.98. The number of aliphatic hydroxyl groups is 1. The van der Waals surface area contributed by atoms with E-state index < -0.39 is 50.2 Å². The third-order valence-electron chi connectivity index (χ3n) is 7.06. The van der Waals surface area contributed by atoms with E-state index in [1.165, 1.54) is 24.9 Å². The average molecular weight is 617 g/mol. The van der Waals surface area contributed by atoms with Gasteiger partial charge in [0.2, 0.25) is 17.6 Å². The molecule has 4 aromatic rings. The number of halogens is 1. The summed E-state index contributed by atoms with van der Waals surface area (Å²) in [7, 11) is -1.44. The normalized spacial score (nSPS) is 23.2. The molecule has 0 saturated carbocycles. The van der Waals surface area contributed by atoms with Gasteiger partial charge in [-0.1, -0.05) is 48.9 Å². The lowest BCUT2D eigenvalue weighted by Gasteiger charge is -2.26. The van der Waals surface area contributed by atoms with Gasteiger partial charge in [-0.2, -0.15) is 9.97 Å². The summed E-state index contributed by atoms with van der Waals surface area (Å²) in [6, 6.07) is 9.06. The first-order valence-electron chi connectivity index (χ1n) is 13.2. The van der Waals surface area contributed by atoms with Crippen molar-refractivity contribution >= 4 is 42.0 Å². The summed E-state index contributed by atoms with van der Waals surface area (Å²) in [6.45, 7) is 4.17. The zero-order valence-electron chi connectivity index (χ0n) is 23.6. The molecule has 2 aromatic carbocycles. The van der Waals surface area contributed by atoms with Crippen molar-refractivity contribution in [3.8, 4) is 17.4 Å². The standard InChI is InChI=1S/C27H30FN6O8P/c1-13(2)18(24(35)36)33-43(38)42-20-15-8-6-5-7-14(15)9-10-16(20)40-11-17-21(28)27(3,37)25(41-17)34-12-30-19-22(34)31-26(29)32-23(19)39-4/h5-10,12-13,17-18,21,25,37H,11H2,1-4H3,(H,35,36)(H2,29,31,32)/t17-,18?,21+,25?,27-/m1/s1. The molecule has 3 unspecified atom stereocenters. The van der Waals surface area contributed by atoms with E-state index in [1.54, 1.807) is 50.2 Å². The van der Waals surface area contributed by atoms with Crippen LogP contribution in [0.2, 0.25) is 0 Å². The molecule has 1 fully saturated rings. The van der Waals surface area contributed by atoms with Crippen molar-refractivity contribution in [2.75, 3.05) is 19.5 Å². The number of carbonyl (C=O) groups is 1. The smallest absolute Gasteiger partial charge is 0.395 e. The van der Waals surface area contributed by atoms with Gasteiger partial charge in [0.15, 0.2) is 35.4 Å². The topological polar surface area (TPSA) is 199 Å². The number of aliphatic carboxylic acids is 1. The number of rotatable bonds is 10. The number of alkyl halides is 1. The molecule has 14 nitrogen and oxygen atoms in total. The first-order valence-corrected chi connectivity index (χ1v) is 14.3. The fourth-order valence-corrected chi connectivity index (χ4v) is 5.81. The third kappa shape index (κ3) is 5.76. The van der Waals surface area contributed by atoms with Crippen LogP contribution in [0.3, 0.4) is 0 Å². The van der Waals surface area contributed by atoms with Crippen molar-refractivity contribution in [3.63, 3.8) is 0 Å². The van der Waals surface area contributed by atoms with E-state index in [-0.39, 0.29) is 41.1 Å². The van der Waals surface area contributed by atoms with Crippen molar-refractivity contribution in [3.05, 3.63) is 42.7 Å². The van der Waals surface area contributed by atoms with Crippen molar-refractivity contribution in [2.45, 2.75) is 50.9 Å². The Balaban J connectivity index is 1.43. The molecule has 0 radical (unpaired) electrons. The Morgan fingerprint density at radius 3 is 2.74 bits per heavy atom. The number of aromatic nitrogens is 4. The van der Waals surface area contributed by atoms with E-state index in [9.17, 15) is 19.9 Å². The minimum Gasteiger partial charge on any atom is -0.575 e. The Kier molecular flexibility index (Phi) is 8.34. The van der Waals surface area contributed by atoms with Gasteiger partial charge in [-0.3, -0.25) is 9.09 Å². The van der Waals surface area contributed by atoms with Crippen molar-refractivity contribution in [2.24, 2.45) is 10.7 Å². The predicted octanol–water partition coefficient (Wildman–Crippen LogP) is 2.98. The van der Waals surface area contributed by atoms with E-state index in [1.807, 2.05) is 0 Å². The molecule has 2 aromatic heterocycles. The molecule has 1 saturated heterocycles. The molecule has 228 valence electrons. The van der Waals surface area contributed by atoms with Gasteiger partial charge in [0, 0.05) is 5.39 Å². The quantitative estimate of drug-likeness (QED) is 0.220. The number of nitrogens with zero attached hydrogens (tertiary/aromatic N) is 5. The molecule has 43 heavy (non-hydrogen) atoms. The van der Waals surface area contributed by atoms with Crippen LogP contribution in [0, 0.1) is 5.92 Å². The highest BCUT2D eigenvalue weighted by Gasteiger charge is 2.55. The number of anilines is 1. The van der Waals surface area contributed by atoms with Gasteiger partial charge in [0.05, 0.1) is 13.4 Å². The van der Waals surface area contributed by atoms with Gasteiger partial charge < -0.3 is 35.1 Å².